The van der Waals surface area contributed by atoms with E-state index in [0.29, 0.717) is 19.0 Å². The number of amides is 1. The largest absolute Gasteiger partial charge is 0.330 e. The third-order valence-electron chi connectivity index (χ3n) is 4.49. The SMILES string of the molecule is Cc1cc(NC(=O)[C@@H]2CCC[C@@H]2CN)n(Cc2ccccn2)n1.Cl.Cl. The molecule has 3 rings (SSSR count). The molecule has 0 unspecified atom stereocenters. The van der Waals surface area contributed by atoms with Crippen molar-refractivity contribution in [2.45, 2.75) is 32.7 Å². The lowest BCUT2D eigenvalue weighted by atomic mass is 9.95. The van der Waals surface area contributed by atoms with Gasteiger partial charge in [0.15, 0.2) is 0 Å². The van der Waals surface area contributed by atoms with E-state index < -0.39 is 0 Å². The molecule has 0 aromatic carbocycles. The summed E-state index contributed by atoms with van der Waals surface area (Å²) in [6, 6.07) is 7.67. The number of aromatic nitrogens is 3. The standard InChI is InChI=1S/C17H23N5O.2ClH/c1-12-9-16(20-17(23)15-7-4-5-13(15)10-18)22(21-12)11-14-6-2-3-8-19-14;;/h2-3,6,8-9,13,15H,4-5,7,10-11,18H2,1H3,(H,20,23);2*1H/t13-,15-;;/m1../s1. The summed E-state index contributed by atoms with van der Waals surface area (Å²) in [6.07, 6.45) is 4.79. The van der Waals surface area contributed by atoms with Crippen molar-refractivity contribution in [2.24, 2.45) is 17.6 Å². The molecule has 0 saturated heterocycles. The van der Waals surface area contributed by atoms with Crippen LogP contribution in [0, 0.1) is 18.8 Å². The van der Waals surface area contributed by atoms with E-state index in [0.717, 1.165) is 36.5 Å². The second-order valence-electron chi connectivity index (χ2n) is 6.17. The fourth-order valence-electron chi connectivity index (χ4n) is 3.29. The number of nitrogens with two attached hydrogens (primary N) is 1. The summed E-state index contributed by atoms with van der Waals surface area (Å²) in [5.74, 6) is 1.09. The first-order valence-corrected chi connectivity index (χ1v) is 8.12. The maximum Gasteiger partial charge on any atom is 0.228 e. The molecule has 1 aliphatic rings. The van der Waals surface area contributed by atoms with Crippen LogP contribution in [0.5, 0.6) is 0 Å². The highest BCUT2D eigenvalue weighted by Gasteiger charge is 2.32. The van der Waals surface area contributed by atoms with Gasteiger partial charge in [0.2, 0.25) is 5.91 Å². The number of nitrogens with zero attached hydrogens (tertiary/aromatic N) is 3. The van der Waals surface area contributed by atoms with Crippen molar-refractivity contribution < 1.29 is 4.79 Å². The summed E-state index contributed by atoms with van der Waals surface area (Å²) >= 11 is 0. The van der Waals surface area contributed by atoms with Crippen LogP contribution in [0.2, 0.25) is 0 Å². The second kappa shape index (κ2) is 9.75. The monoisotopic (exact) mass is 385 g/mol. The summed E-state index contributed by atoms with van der Waals surface area (Å²) in [6.45, 7) is 3.03. The zero-order valence-electron chi connectivity index (χ0n) is 14.2. The smallest absolute Gasteiger partial charge is 0.228 e. The molecule has 1 aliphatic carbocycles. The Labute approximate surface area is 160 Å². The van der Waals surface area contributed by atoms with Gasteiger partial charge in [-0.3, -0.25) is 9.78 Å². The van der Waals surface area contributed by atoms with Gasteiger partial charge in [-0.1, -0.05) is 12.5 Å². The molecule has 138 valence electrons. The van der Waals surface area contributed by atoms with Crippen LogP contribution in [0.4, 0.5) is 5.82 Å². The van der Waals surface area contributed by atoms with Crippen LogP contribution < -0.4 is 11.1 Å². The normalized spacial score (nSPS) is 19.0. The number of rotatable bonds is 5. The van der Waals surface area contributed by atoms with Gasteiger partial charge in [0.1, 0.15) is 5.82 Å². The molecule has 2 atom stereocenters. The molecule has 8 heteroatoms. The number of aryl methyl sites for hydroxylation is 1. The summed E-state index contributed by atoms with van der Waals surface area (Å²) in [7, 11) is 0. The summed E-state index contributed by atoms with van der Waals surface area (Å²) in [4.78, 5) is 16.9. The minimum absolute atomic E-state index is 0. The van der Waals surface area contributed by atoms with Crippen molar-refractivity contribution in [2.75, 3.05) is 11.9 Å². The Balaban J connectivity index is 0.00000156. The van der Waals surface area contributed by atoms with E-state index in [-0.39, 0.29) is 36.6 Å². The number of hydrogen-bond acceptors (Lipinski definition) is 4. The van der Waals surface area contributed by atoms with E-state index in [1.54, 1.807) is 10.9 Å². The first-order valence-electron chi connectivity index (χ1n) is 8.12. The third-order valence-corrected chi connectivity index (χ3v) is 4.49. The predicted molar refractivity (Wildman–Crippen MR) is 103 cm³/mol. The quantitative estimate of drug-likeness (QED) is 0.828. The molecule has 2 aromatic heterocycles. The van der Waals surface area contributed by atoms with E-state index in [1.165, 1.54) is 0 Å². The lowest BCUT2D eigenvalue weighted by Crippen LogP contribution is -2.30. The van der Waals surface area contributed by atoms with Gasteiger partial charge in [-0.15, -0.1) is 24.8 Å². The van der Waals surface area contributed by atoms with Gasteiger partial charge < -0.3 is 11.1 Å². The molecule has 0 bridgehead atoms. The van der Waals surface area contributed by atoms with Crippen LogP contribution in [-0.2, 0) is 11.3 Å². The van der Waals surface area contributed by atoms with Crippen molar-refractivity contribution in [3.8, 4) is 0 Å². The van der Waals surface area contributed by atoms with Gasteiger partial charge in [0, 0.05) is 18.2 Å². The first kappa shape index (κ1) is 21.4. The molecule has 2 aromatic rings. The lowest BCUT2D eigenvalue weighted by Gasteiger charge is -2.17. The minimum atomic E-state index is 0. The first-order chi connectivity index (χ1) is 11.2. The molecule has 3 N–H and O–H groups in total. The van der Waals surface area contributed by atoms with Gasteiger partial charge in [0.05, 0.1) is 17.9 Å². The average Bonchev–Trinajstić information content (AvgIpc) is 3.15. The van der Waals surface area contributed by atoms with Crippen LogP contribution in [0.25, 0.3) is 0 Å². The Morgan fingerprint density at radius 2 is 2.16 bits per heavy atom. The molecule has 1 amide bonds. The van der Waals surface area contributed by atoms with Crippen LogP contribution in [0.1, 0.15) is 30.7 Å². The molecule has 0 aliphatic heterocycles. The van der Waals surface area contributed by atoms with E-state index in [4.69, 9.17) is 5.73 Å². The maximum absolute atomic E-state index is 12.6. The Kier molecular flexibility index (Phi) is 8.35. The Bertz CT molecular complexity index is 677. The summed E-state index contributed by atoms with van der Waals surface area (Å²) < 4.78 is 1.79. The molecular weight excluding hydrogens is 361 g/mol. The zero-order chi connectivity index (χ0) is 16.2. The molecule has 25 heavy (non-hydrogen) atoms. The van der Waals surface area contributed by atoms with Crippen LogP contribution >= 0.6 is 24.8 Å². The van der Waals surface area contributed by atoms with Crippen LogP contribution in [0.3, 0.4) is 0 Å². The number of carbonyl (C=O) groups is 1. The van der Waals surface area contributed by atoms with Crippen molar-refractivity contribution in [1.82, 2.24) is 14.8 Å². The number of anilines is 1. The highest BCUT2D eigenvalue weighted by molar-refractivity contribution is 5.92. The van der Waals surface area contributed by atoms with Gasteiger partial charge >= 0.3 is 0 Å². The Hall–Kier alpha value is -1.63. The van der Waals surface area contributed by atoms with Crippen LogP contribution in [-0.4, -0.2) is 27.2 Å². The van der Waals surface area contributed by atoms with Crippen LogP contribution in [0.15, 0.2) is 30.5 Å². The third kappa shape index (κ3) is 5.17. The van der Waals surface area contributed by atoms with Crippen molar-refractivity contribution in [3.63, 3.8) is 0 Å². The van der Waals surface area contributed by atoms with Crippen molar-refractivity contribution in [3.05, 3.63) is 41.9 Å². The summed E-state index contributed by atoms with van der Waals surface area (Å²) in [5, 5.41) is 7.50. The van der Waals surface area contributed by atoms with Crippen molar-refractivity contribution in [1.29, 1.82) is 0 Å². The van der Waals surface area contributed by atoms with Gasteiger partial charge in [-0.05, 0) is 44.4 Å². The summed E-state index contributed by atoms with van der Waals surface area (Å²) in [5.41, 5.74) is 7.57. The molecule has 0 radical (unpaired) electrons. The van der Waals surface area contributed by atoms with Gasteiger partial charge in [-0.25, -0.2) is 4.68 Å². The average molecular weight is 386 g/mol. The predicted octanol–water partition coefficient (Wildman–Crippen LogP) is 2.79. The van der Waals surface area contributed by atoms with E-state index in [1.807, 2.05) is 31.2 Å². The molecule has 1 saturated carbocycles. The fourth-order valence-corrected chi connectivity index (χ4v) is 3.29. The highest BCUT2D eigenvalue weighted by Crippen LogP contribution is 2.31. The Morgan fingerprint density at radius 1 is 1.36 bits per heavy atom. The molecule has 0 spiro atoms. The van der Waals surface area contributed by atoms with E-state index >= 15 is 0 Å². The second-order valence-corrected chi connectivity index (χ2v) is 6.17. The number of nitrogens with one attached hydrogen (secondary N) is 1. The van der Waals surface area contributed by atoms with E-state index in [2.05, 4.69) is 15.4 Å². The highest BCUT2D eigenvalue weighted by atomic mass is 35.5. The molecule has 1 fully saturated rings. The lowest BCUT2D eigenvalue weighted by molar-refractivity contribution is -0.120. The fraction of sp³-hybridized carbons (Fsp3) is 0.471. The van der Waals surface area contributed by atoms with Crippen molar-refractivity contribution >= 4 is 36.5 Å². The number of pyridine rings is 1. The number of halogens is 2. The Morgan fingerprint density at radius 3 is 2.84 bits per heavy atom. The topological polar surface area (TPSA) is 85.8 Å². The minimum Gasteiger partial charge on any atom is -0.330 e. The van der Waals surface area contributed by atoms with Gasteiger partial charge in [0.25, 0.3) is 0 Å². The maximum atomic E-state index is 12.6. The van der Waals surface area contributed by atoms with E-state index in [9.17, 15) is 4.79 Å². The molecule has 2 heterocycles. The molecule has 6 nitrogen and oxygen atoms in total. The number of carbonyl (C=O) groups excluding carboxylic acids is 1. The zero-order valence-corrected chi connectivity index (χ0v) is 15.9. The molecular formula is C17H25Cl2N5O. The van der Waals surface area contributed by atoms with Gasteiger partial charge in [-0.2, -0.15) is 5.10 Å². The number of hydrogen-bond donors (Lipinski definition) is 2.